The molecule has 0 aromatic heterocycles. The lowest BCUT2D eigenvalue weighted by molar-refractivity contribution is -0.117. The van der Waals surface area contributed by atoms with Crippen LogP contribution in [0.4, 0.5) is 11.4 Å². The zero-order valence-corrected chi connectivity index (χ0v) is 17.3. The Hall–Kier alpha value is -2.87. The van der Waals surface area contributed by atoms with Crippen molar-refractivity contribution in [3.8, 4) is 5.75 Å². The van der Waals surface area contributed by atoms with Gasteiger partial charge in [0.25, 0.3) is 10.0 Å². The van der Waals surface area contributed by atoms with Crippen LogP contribution >= 0.6 is 0 Å². The van der Waals surface area contributed by atoms with Crippen molar-refractivity contribution in [3.05, 3.63) is 47.5 Å². The SMILES string of the molecule is CC(=O)c1ccc2c(c1)CCN2S(=O)(=O)c1ccc2c(c1)N(C(C)=O)CC(C)O2. The summed E-state index contributed by atoms with van der Waals surface area (Å²) in [5.41, 5.74) is 2.45. The maximum atomic E-state index is 13.4. The fourth-order valence-electron chi connectivity index (χ4n) is 3.84. The lowest BCUT2D eigenvalue weighted by Crippen LogP contribution is -2.41. The van der Waals surface area contributed by atoms with Crippen LogP contribution in [0, 0.1) is 0 Å². The fraction of sp³-hybridized carbons (Fsp3) is 0.333. The molecule has 2 aromatic carbocycles. The molecule has 0 saturated carbocycles. The third-order valence-electron chi connectivity index (χ3n) is 5.30. The molecule has 0 bridgehead atoms. The van der Waals surface area contributed by atoms with Crippen molar-refractivity contribution in [1.29, 1.82) is 0 Å². The topological polar surface area (TPSA) is 84.0 Å². The summed E-state index contributed by atoms with van der Waals surface area (Å²) >= 11 is 0. The van der Waals surface area contributed by atoms with Crippen LogP contribution in [0.1, 0.15) is 36.7 Å². The number of rotatable bonds is 3. The molecule has 4 rings (SSSR count). The van der Waals surface area contributed by atoms with Crippen molar-refractivity contribution in [1.82, 2.24) is 0 Å². The highest BCUT2D eigenvalue weighted by Gasteiger charge is 2.33. The number of fused-ring (bicyclic) bond motifs is 2. The summed E-state index contributed by atoms with van der Waals surface area (Å²) in [5, 5.41) is 0. The summed E-state index contributed by atoms with van der Waals surface area (Å²) in [6.07, 6.45) is 0.371. The third-order valence-corrected chi connectivity index (χ3v) is 7.11. The van der Waals surface area contributed by atoms with Gasteiger partial charge in [-0.3, -0.25) is 13.9 Å². The number of sulfonamides is 1. The zero-order valence-electron chi connectivity index (χ0n) is 16.5. The minimum Gasteiger partial charge on any atom is -0.487 e. The van der Waals surface area contributed by atoms with E-state index in [1.54, 1.807) is 29.2 Å². The van der Waals surface area contributed by atoms with Gasteiger partial charge in [-0.15, -0.1) is 0 Å². The molecular formula is C21H22N2O5S. The van der Waals surface area contributed by atoms with Gasteiger partial charge in [0.1, 0.15) is 11.9 Å². The van der Waals surface area contributed by atoms with Crippen LogP contribution in [-0.2, 0) is 21.2 Å². The summed E-state index contributed by atoms with van der Waals surface area (Å²) in [7, 11) is -3.83. The first kappa shape index (κ1) is 19.4. The van der Waals surface area contributed by atoms with Crippen molar-refractivity contribution >= 4 is 33.1 Å². The smallest absolute Gasteiger partial charge is 0.264 e. The Morgan fingerprint density at radius 3 is 2.52 bits per heavy atom. The standard InChI is InChI=1S/C21H22N2O5S/c1-13-12-22(15(3)25)20-11-18(5-7-21(20)28-13)29(26,27)23-9-8-17-10-16(14(2)24)4-6-19(17)23/h4-7,10-11,13H,8-9,12H2,1-3H3. The Labute approximate surface area is 169 Å². The summed E-state index contributed by atoms with van der Waals surface area (Å²) in [6.45, 7) is 5.47. The van der Waals surface area contributed by atoms with E-state index in [4.69, 9.17) is 4.74 Å². The van der Waals surface area contributed by atoms with Crippen LogP contribution < -0.4 is 13.9 Å². The number of hydrogen-bond acceptors (Lipinski definition) is 5. The monoisotopic (exact) mass is 414 g/mol. The van der Waals surface area contributed by atoms with E-state index >= 15 is 0 Å². The average Bonchev–Trinajstić information content (AvgIpc) is 3.10. The van der Waals surface area contributed by atoms with E-state index in [-0.39, 0.29) is 22.7 Å². The molecule has 2 aliphatic rings. The van der Waals surface area contributed by atoms with E-state index in [2.05, 4.69) is 0 Å². The van der Waals surface area contributed by atoms with Gasteiger partial charge >= 0.3 is 0 Å². The number of nitrogens with zero attached hydrogens (tertiary/aromatic N) is 2. The van der Waals surface area contributed by atoms with Gasteiger partial charge in [-0.05, 0) is 62.2 Å². The molecule has 2 aromatic rings. The van der Waals surface area contributed by atoms with Crippen molar-refractivity contribution in [2.45, 2.75) is 38.2 Å². The lowest BCUT2D eigenvalue weighted by Gasteiger charge is -2.33. The van der Waals surface area contributed by atoms with Gasteiger partial charge in [0.2, 0.25) is 5.91 Å². The van der Waals surface area contributed by atoms with Crippen molar-refractivity contribution < 1.29 is 22.7 Å². The second-order valence-electron chi connectivity index (χ2n) is 7.41. The number of amides is 1. The maximum absolute atomic E-state index is 13.4. The van der Waals surface area contributed by atoms with Gasteiger partial charge in [-0.1, -0.05) is 0 Å². The van der Waals surface area contributed by atoms with Crippen LogP contribution in [0.5, 0.6) is 5.75 Å². The maximum Gasteiger partial charge on any atom is 0.264 e. The van der Waals surface area contributed by atoms with E-state index < -0.39 is 10.0 Å². The van der Waals surface area contributed by atoms with Gasteiger partial charge < -0.3 is 9.64 Å². The molecule has 2 heterocycles. The summed E-state index contributed by atoms with van der Waals surface area (Å²) in [6, 6.07) is 9.69. The Morgan fingerprint density at radius 2 is 1.83 bits per heavy atom. The average molecular weight is 414 g/mol. The Balaban J connectivity index is 1.74. The van der Waals surface area contributed by atoms with Crippen molar-refractivity contribution in [3.63, 3.8) is 0 Å². The molecule has 8 heteroatoms. The van der Waals surface area contributed by atoms with Crippen LogP contribution in [-0.4, -0.2) is 39.3 Å². The van der Waals surface area contributed by atoms with E-state index in [9.17, 15) is 18.0 Å². The molecule has 7 nitrogen and oxygen atoms in total. The van der Waals surface area contributed by atoms with Crippen molar-refractivity contribution in [2.24, 2.45) is 0 Å². The predicted molar refractivity (Wildman–Crippen MR) is 109 cm³/mol. The molecule has 1 unspecified atom stereocenters. The largest absolute Gasteiger partial charge is 0.487 e. The Kier molecular flexibility index (Phi) is 4.61. The molecule has 2 aliphatic heterocycles. The second kappa shape index (κ2) is 6.88. The molecule has 29 heavy (non-hydrogen) atoms. The number of carbonyl (C=O) groups excluding carboxylic acids is 2. The van der Waals surface area contributed by atoms with E-state index in [1.165, 1.54) is 30.3 Å². The summed E-state index contributed by atoms with van der Waals surface area (Å²) in [4.78, 5) is 25.3. The molecular weight excluding hydrogens is 392 g/mol. The lowest BCUT2D eigenvalue weighted by atomic mass is 10.1. The minimum absolute atomic E-state index is 0.0534. The van der Waals surface area contributed by atoms with Gasteiger partial charge in [-0.2, -0.15) is 0 Å². The highest BCUT2D eigenvalue weighted by molar-refractivity contribution is 7.92. The van der Waals surface area contributed by atoms with Gasteiger partial charge in [0, 0.05) is 19.0 Å². The highest BCUT2D eigenvalue weighted by atomic mass is 32.2. The van der Waals surface area contributed by atoms with Gasteiger partial charge in [0.15, 0.2) is 5.78 Å². The van der Waals surface area contributed by atoms with Crippen LogP contribution in [0.2, 0.25) is 0 Å². The molecule has 0 aliphatic carbocycles. The number of carbonyl (C=O) groups is 2. The first-order valence-corrected chi connectivity index (χ1v) is 10.9. The summed E-state index contributed by atoms with van der Waals surface area (Å²) < 4.78 is 33.8. The second-order valence-corrected chi connectivity index (χ2v) is 9.28. The third kappa shape index (κ3) is 3.27. The van der Waals surface area contributed by atoms with E-state index in [0.29, 0.717) is 42.2 Å². The first-order chi connectivity index (χ1) is 13.7. The number of benzene rings is 2. The minimum atomic E-state index is -3.83. The molecule has 0 spiro atoms. The highest BCUT2D eigenvalue weighted by Crippen LogP contribution is 2.38. The molecule has 0 fully saturated rings. The quantitative estimate of drug-likeness (QED) is 0.721. The molecule has 1 atom stereocenters. The zero-order chi connectivity index (χ0) is 20.9. The Bertz CT molecular complexity index is 1130. The van der Waals surface area contributed by atoms with E-state index in [0.717, 1.165) is 5.56 Å². The number of ketones is 1. The van der Waals surface area contributed by atoms with Crippen molar-refractivity contribution in [2.75, 3.05) is 22.3 Å². The molecule has 0 N–H and O–H groups in total. The predicted octanol–water partition coefficient (Wildman–Crippen LogP) is 2.77. The summed E-state index contributed by atoms with van der Waals surface area (Å²) in [5.74, 6) is 0.271. The number of hydrogen-bond donors (Lipinski definition) is 0. The fourth-order valence-corrected chi connectivity index (χ4v) is 5.37. The van der Waals surface area contributed by atoms with Crippen LogP contribution in [0.15, 0.2) is 41.3 Å². The number of ether oxygens (including phenoxy) is 1. The number of anilines is 2. The normalized spacial score (nSPS) is 18.1. The van der Waals surface area contributed by atoms with Gasteiger partial charge in [0.05, 0.1) is 22.8 Å². The van der Waals surface area contributed by atoms with Crippen LogP contribution in [0.25, 0.3) is 0 Å². The molecule has 0 saturated heterocycles. The first-order valence-electron chi connectivity index (χ1n) is 9.44. The molecule has 152 valence electrons. The van der Waals surface area contributed by atoms with Crippen LogP contribution in [0.3, 0.4) is 0 Å². The molecule has 1 amide bonds. The molecule has 0 radical (unpaired) electrons. The van der Waals surface area contributed by atoms with E-state index in [1.807, 2.05) is 6.92 Å². The Morgan fingerprint density at radius 1 is 1.07 bits per heavy atom. The number of Topliss-reactive ketones (excluding diaryl/α,β-unsaturated/α-hetero) is 1. The van der Waals surface area contributed by atoms with Gasteiger partial charge in [-0.25, -0.2) is 8.42 Å².